The molecule has 110 valence electrons. The van der Waals surface area contributed by atoms with Gasteiger partial charge >= 0.3 is 6.03 Å². The summed E-state index contributed by atoms with van der Waals surface area (Å²) in [5, 5.41) is 14.5. The lowest BCUT2D eigenvalue weighted by Crippen LogP contribution is -2.28. The molecule has 0 aliphatic heterocycles. The second kappa shape index (κ2) is 8.07. The van der Waals surface area contributed by atoms with Crippen molar-refractivity contribution < 1.29 is 9.90 Å². The molecule has 4 heteroatoms. The zero-order chi connectivity index (χ0) is 14.9. The van der Waals surface area contributed by atoms with Crippen molar-refractivity contribution in [3.8, 4) is 0 Å². The average molecular weight is 284 g/mol. The van der Waals surface area contributed by atoms with E-state index in [2.05, 4.69) is 10.6 Å². The molecule has 0 unspecified atom stereocenters. The number of nitrogens with one attached hydrogen (secondary N) is 2. The fraction of sp³-hybridized carbons (Fsp3) is 0.235. The first-order valence-electron chi connectivity index (χ1n) is 7.06. The van der Waals surface area contributed by atoms with Crippen molar-refractivity contribution in [1.82, 2.24) is 5.32 Å². The van der Waals surface area contributed by atoms with E-state index < -0.39 is 0 Å². The number of hydrogen-bond acceptors (Lipinski definition) is 2. The van der Waals surface area contributed by atoms with Gasteiger partial charge in [-0.05, 0) is 36.1 Å². The fourth-order valence-corrected chi connectivity index (χ4v) is 2.04. The standard InChI is InChI=1S/C17H20N2O2/c20-11-5-9-14-8-4-10-16(12-14)19-17(21)18-13-15-6-2-1-3-7-15/h1-4,6-8,10,12,20H,5,9,11,13H2,(H2,18,19,21). The van der Waals surface area contributed by atoms with E-state index in [-0.39, 0.29) is 12.6 Å². The molecule has 21 heavy (non-hydrogen) atoms. The maximum Gasteiger partial charge on any atom is 0.319 e. The Kier molecular flexibility index (Phi) is 5.79. The molecule has 2 aromatic carbocycles. The normalized spacial score (nSPS) is 10.1. The van der Waals surface area contributed by atoms with Gasteiger partial charge in [0, 0.05) is 18.8 Å². The number of carbonyl (C=O) groups excluding carboxylic acids is 1. The lowest BCUT2D eigenvalue weighted by molar-refractivity contribution is 0.251. The van der Waals surface area contributed by atoms with Crippen molar-refractivity contribution in [1.29, 1.82) is 0 Å². The van der Waals surface area contributed by atoms with Crippen LogP contribution in [-0.4, -0.2) is 17.7 Å². The molecule has 0 aromatic heterocycles. The minimum absolute atomic E-state index is 0.176. The molecule has 0 aliphatic rings. The van der Waals surface area contributed by atoms with Gasteiger partial charge in [-0.3, -0.25) is 0 Å². The Balaban J connectivity index is 1.84. The monoisotopic (exact) mass is 284 g/mol. The number of hydrogen-bond donors (Lipinski definition) is 3. The van der Waals surface area contributed by atoms with Crippen LogP contribution in [0.1, 0.15) is 17.5 Å². The van der Waals surface area contributed by atoms with Crippen molar-refractivity contribution >= 4 is 11.7 Å². The summed E-state index contributed by atoms with van der Waals surface area (Å²) in [4.78, 5) is 11.8. The number of benzene rings is 2. The second-order valence-electron chi connectivity index (χ2n) is 4.82. The first-order chi connectivity index (χ1) is 10.3. The topological polar surface area (TPSA) is 61.4 Å². The van der Waals surface area contributed by atoms with Gasteiger partial charge in [-0.2, -0.15) is 0 Å². The quantitative estimate of drug-likeness (QED) is 0.763. The van der Waals surface area contributed by atoms with Gasteiger partial charge in [0.25, 0.3) is 0 Å². The van der Waals surface area contributed by atoms with Gasteiger partial charge in [-0.1, -0.05) is 42.5 Å². The van der Waals surface area contributed by atoms with E-state index in [1.165, 1.54) is 0 Å². The summed E-state index contributed by atoms with van der Waals surface area (Å²) in [6.07, 6.45) is 1.53. The van der Waals surface area contributed by atoms with Crippen LogP contribution in [0.25, 0.3) is 0 Å². The van der Waals surface area contributed by atoms with Crippen LogP contribution in [0.2, 0.25) is 0 Å². The summed E-state index contributed by atoms with van der Waals surface area (Å²) in [6.45, 7) is 0.673. The van der Waals surface area contributed by atoms with Crippen molar-refractivity contribution in [2.45, 2.75) is 19.4 Å². The third kappa shape index (κ3) is 5.28. The number of aryl methyl sites for hydroxylation is 1. The van der Waals surface area contributed by atoms with E-state index in [1.54, 1.807) is 0 Å². The smallest absolute Gasteiger partial charge is 0.319 e. The fourth-order valence-electron chi connectivity index (χ4n) is 2.04. The molecule has 2 amide bonds. The largest absolute Gasteiger partial charge is 0.396 e. The number of urea groups is 1. The Morgan fingerprint density at radius 2 is 1.76 bits per heavy atom. The molecule has 2 aromatic rings. The average Bonchev–Trinajstić information content (AvgIpc) is 2.52. The zero-order valence-electron chi connectivity index (χ0n) is 11.9. The van der Waals surface area contributed by atoms with Gasteiger partial charge in [0.15, 0.2) is 0 Å². The van der Waals surface area contributed by atoms with E-state index in [9.17, 15) is 4.79 Å². The molecular formula is C17H20N2O2. The Bertz CT molecular complexity index is 570. The molecule has 0 heterocycles. The van der Waals surface area contributed by atoms with Gasteiger partial charge in [-0.25, -0.2) is 4.79 Å². The van der Waals surface area contributed by atoms with Gasteiger partial charge < -0.3 is 15.7 Å². The van der Waals surface area contributed by atoms with Crippen LogP contribution in [0.5, 0.6) is 0 Å². The predicted molar refractivity (Wildman–Crippen MR) is 84.1 cm³/mol. The minimum atomic E-state index is -0.224. The Labute approximate surface area is 124 Å². The van der Waals surface area contributed by atoms with Crippen LogP contribution in [0.3, 0.4) is 0 Å². The van der Waals surface area contributed by atoms with Crippen molar-refractivity contribution in [3.63, 3.8) is 0 Å². The van der Waals surface area contributed by atoms with Crippen molar-refractivity contribution in [2.24, 2.45) is 0 Å². The van der Waals surface area contributed by atoms with Gasteiger partial charge in [0.1, 0.15) is 0 Å². The highest BCUT2D eigenvalue weighted by Crippen LogP contribution is 2.12. The summed E-state index contributed by atoms with van der Waals surface area (Å²) in [7, 11) is 0. The summed E-state index contributed by atoms with van der Waals surface area (Å²) in [5.74, 6) is 0. The summed E-state index contributed by atoms with van der Waals surface area (Å²) >= 11 is 0. The van der Waals surface area contributed by atoms with Crippen molar-refractivity contribution in [2.75, 3.05) is 11.9 Å². The molecule has 0 spiro atoms. The molecule has 3 N–H and O–H groups in total. The Morgan fingerprint density at radius 3 is 2.52 bits per heavy atom. The third-order valence-corrected chi connectivity index (χ3v) is 3.10. The number of aliphatic hydroxyl groups is 1. The first-order valence-corrected chi connectivity index (χ1v) is 7.06. The number of aliphatic hydroxyl groups excluding tert-OH is 1. The van der Waals surface area contributed by atoms with Crippen LogP contribution >= 0.6 is 0 Å². The van der Waals surface area contributed by atoms with E-state index in [0.29, 0.717) is 6.54 Å². The molecule has 0 atom stereocenters. The van der Waals surface area contributed by atoms with E-state index in [4.69, 9.17) is 5.11 Å². The first kappa shape index (κ1) is 15.1. The summed E-state index contributed by atoms with van der Waals surface area (Å²) in [6, 6.07) is 17.2. The predicted octanol–water partition coefficient (Wildman–Crippen LogP) is 2.93. The van der Waals surface area contributed by atoms with E-state index >= 15 is 0 Å². The molecule has 0 radical (unpaired) electrons. The van der Waals surface area contributed by atoms with Gasteiger partial charge in [-0.15, -0.1) is 0 Å². The van der Waals surface area contributed by atoms with Crippen LogP contribution in [0, 0.1) is 0 Å². The highest BCUT2D eigenvalue weighted by Gasteiger charge is 2.02. The lowest BCUT2D eigenvalue weighted by atomic mass is 10.1. The van der Waals surface area contributed by atoms with E-state index in [0.717, 1.165) is 29.7 Å². The molecule has 2 rings (SSSR count). The van der Waals surface area contributed by atoms with Crippen LogP contribution < -0.4 is 10.6 Å². The van der Waals surface area contributed by atoms with Crippen LogP contribution in [0.15, 0.2) is 54.6 Å². The zero-order valence-corrected chi connectivity index (χ0v) is 11.9. The SMILES string of the molecule is O=C(NCc1ccccc1)Nc1cccc(CCCO)c1. The molecule has 0 saturated heterocycles. The van der Waals surface area contributed by atoms with Crippen LogP contribution in [-0.2, 0) is 13.0 Å². The number of anilines is 1. The molecule has 0 fully saturated rings. The maximum absolute atomic E-state index is 11.8. The summed E-state index contributed by atoms with van der Waals surface area (Å²) in [5.41, 5.74) is 2.92. The lowest BCUT2D eigenvalue weighted by Gasteiger charge is -2.09. The van der Waals surface area contributed by atoms with E-state index in [1.807, 2.05) is 54.6 Å². The highest BCUT2D eigenvalue weighted by molar-refractivity contribution is 5.89. The van der Waals surface area contributed by atoms with Gasteiger partial charge in [0.2, 0.25) is 0 Å². The van der Waals surface area contributed by atoms with Crippen LogP contribution in [0.4, 0.5) is 10.5 Å². The number of carbonyl (C=O) groups is 1. The molecule has 0 aliphatic carbocycles. The highest BCUT2D eigenvalue weighted by atomic mass is 16.2. The van der Waals surface area contributed by atoms with Crippen molar-refractivity contribution in [3.05, 3.63) is 65.7 Å². The van der Waals surface area contributed by atoms with Gasteiger partial charge in [0.05, 0.1) is 0 Å². The Hall–Kier alpha value is -2.33. The second-order valence-corrected chi connectivity index (χ2v) is 4.82. The number of amides is 2. The third-order valence-electron chi connectivity index (χ3n) is 3.10. The Morgan fingerprint density at radius 1 is 1.00 bits per heavy atom. The minimum Gasteiger partial charge on any atom is -0.396 e. The molecule has 0 bridgehead atoms. The molecule has 4 nitrogen and oxygen atoms in total. The molecule has 0 saturated carbocycles. The summed E-state index contributed by atoms with van der Waals surface area (Å²) < 4.78 is 0. The molecular weight excluding hydrogens is 264 g/mol. The number of rotatable bonds is 6. The maximum atomic E-state index is 11.8.